The predicted octanol–water partition coefficient (Wildman–Crippen LogP) is -0.726. The van der Waals surface area contributed by atoms with E-state index in [0.717, 1.165) is 0 Å². The molecule has 78 valence electrons. The molecule has 3 N–H and O–H groups in total. The first-order valence-electron chi connectivity index (χ1n) is 4.24. The Labute approximate surface area is 77.8 Å². The molecule has 0 aromatic carbocycles. The number of hydrogen-bond acceptors (Lipinski definition) is 5. The molecule has 0 aromatic heterocycles. The molecule has 0 fully saturated rings. The lowest BCUT2D eigenvalue weighted by molar-refractivity contribution is -0.154. The number of esters is 1. The van der Waals surface area contributed by atoms with Crippen molar-refractivity contribution in [3.63, 3.8) is 0 Å². The van der Waals surface area contributed by atoms with Gasteiger partial charge in [0.05, 0.1) is 12.7 Å². The molecule has 0 heterocycles. The van der Waals surface area contributed by atoms with Gasteiger partial charge in [-0.2, -0.15) is 0 Å². The monoisotopic (exact) mass is 191 g/mol. The van der Waals surface area contributed by atoms with Gasteiger partial charge in [0.15, 0.2) is 6.10 Å². The van der Waals surface area contributed by atoms with E-state index in [2.05, 4.69) is 4.74 Å². The summed E-state index contributed by atoms with van der Waals surface area (Å²) < 4.78 is 9.77. The molecule has 0 radical (unpaired) electrons. The number of aliphatic hydroxyl groups excluding tert-OH is 1. The third-order valence-electron chi connectivity index (χ3n) is 1.27. The molecule has 1 unspecified atom stereocenters. The van der Waals surface area contributed by atoms with Gasteiger partial charge in [-0.3, -0.25) is 0 Å². The van der Waals surface area contributed by atoms with Crippen molar-refractivity contribution in [2.24, 2.45) is 5.73 Å². The molecule has 5 heteroatoms. The number of carbonyl (C=O) groups is 1. The van der Waals surface area contributed by atoms with Gasteiger partial charge in [-0.25, -0.2) is 4.79 Å². The van der Waals surface area contributed by atoms with E-state index in [-0.39, 0.29) is 19.3 Å². The number of rotatable bonds is 6. The van der Waals surface area contributed by atoms with Crippen molar-refractivity contribution in [1.82, 2.24) is 0 Å². The minimum absolute atomic E-state index is 0.109. The Morgan fingerprint density at radius 1 is 1.46 bits per heavy atom. The molecule has 0 saturated heterocycles. The third kappa shape index (κ3) is 6.51. The Morgan fingerprint density at radius 3 is 2.54 bits per heavy atom. The molecule has 0 aliphatic carbocycles. The SMILES string of the molecule is CC(C)OCCOC(=O)C(O)CN. The molecule has 13 heavy (non-hydrogen) atoms. The minimum Gasteiger partial charge on any atom is -0.461 e. The van der Waals surface area contributed by atoms with Gasteiger partial charge in [-0.1, -0.05) is 0 Å². The highest BCUT2D eigenvalue weighted by Crippen LogP contribution is 1.90. The average molecular weight is 191 g/mol. The van der Waals surface area contributed by atoms with Crippen LogP contribution in [0.4, 0.5) is 0 Å². The molecule has 0 aliphatic heterocycles. The van der Waals surface area contributed by atoms with Crippen LogP contribution in [0.25, 0.3) is 0 Å². The molecule has 0 amide bonds. The van der Waals surface area contributed by atoms with Crippen molar-refractivity contribution in [2.45, 2.75) is 26.1 Å². The fraction of sp³-hybridized carbons (Fsp3) is 0.875. The van der Waals surface area contributed by atoms with Crippen LogP contribution in [0.2, 0.25) is 0 Å². The van der Waals surface area contributed by atoms with Gasteiger partial charge in [-0.05, 0) is 13.8 Å². The van der Waals surface area contributed by atoms with Gasteiger partial charge in [0.25, 0.3) is 0 Å². The lowest BCUT2D eigenvalue weighted by Crippen LogP contribution is -2.31. The van der Waals surface area contributed by atoms with Crippen LogP contribution < -0.4 is 5.73 Å². The van der Waals surface area contributed by atoms with Crippen LogP contribution in [-0.2, 0) is 14.3 Å². The Hall–Kier alpha value is -0.650. The zero-order valence-electron chi connectivity index (χ0n) is 8.03. The summed E-state index contributed by atoms with van der Waals surface area (Å²) in [5.74, 6) is -0.699. The zero-order valence-corrected chi connectivity index (χ0v) is 8.03. The Balaban J connectivity index is 3.37. The van der Waals surface area contributed by atoms with Gasteiger partial charge in [0.2, 0.25) is 0 Å². The van der Waals surface area contributed by atoms with Gasteiger partial charge in [-0.15, -0.1) is 0 Å². The van der Waals surface area contributed by atoms with Crippen molar-refractivity contribution in [1.29, 1.82) is 0 Å². The third-order valence-corrected chi connectivity index (χ3v) is 1.27. The second-order valence-corrected chi connectivity index (χ2v) is 2.84. The van der Waals surface area contributed by atoms with E-state index in [9.17, 15) is 4.79 Å². The largest absolute Gasteiger partial charge is 0.461 e. The van der Waals surface area contributed by atoms with Crippen molar-refractivity contribution >= 4 is 5.97 Å². The molecule has 1 atom stereocenters. The predicted molar refractivity (Wildman–Crippen MR) is 47.1 cm³/mol. The molecule has 5 nitrogen and oxygen atoms in total. The summed E-state index contributed by atoms with van der Waals surface area (Å²) in [6, 6.07) is 0. The van der Waals surface area contributed by atoms with E-state index in [1.807, 2.05) is 13.8 Å². The second-order valence-electron chi connectivity index (χ2n) is 2.84. The van der Waals surface area contributed by atoms with Gasteiger partial charge >= 0.3 is 5.97 Å². The lowest BCUT2D eigenvalue weighted by atomic mass is 10.4. The molecule has 0 saturated carbocycles. The van der Waals surface area contributed by atoms with Gasteiger partial charge in [0.1, 0.15) is 6.61 Å². The first-order valence-corrected chi connectivity index (χ1v) is 4.24. The fourth-order valence-electron chi connectivity index (χ4n) is 0.618. The lowest BCUT2D eigenvalue weighted by Gasteiger charge is -2.10. The zero-order chi connectivity index (χ0) is 10.3. The standard InChI is InChI=1S/C8H17NO4/c1-6(2)12-3-4-13-8(11)7(10)5-9/h6-7,10H,3-5,9H2,1-2H3. The van der Waals surface area contributed by atoms with Crippen LogP contribution in [0.1, 0.15) is 13.8 Å². The van der Waals surface area contributed by atoms with E-state index in [0.29, 0.717) is 6.61 Å². The normalized spacial score (nSPS) is 13.0. The molecule has 0 spiro atoms. The van der Waals surface area contributed by atoms with E-state index in [4.69, 9.17) is 15.6 Å². The molecular weight excluding hydrogens is 174 g/mol. The quantitative estimate of drug-likeness (QED) is 0.427. The number of aliphatic hydroxyl groups is 1. The minimum atomic E-state index is -1.22. The molecule has 0 aromatic rings. The summed E-state index contributed by atoms with van der Waals surface area (Å²) >= 11 is 0. The summed E-state index contributed by atoms with van der Waals surface area (Å²) in [4.78, 5) is 10.8. The first kappa shape index (κ1) is 12.3. The topological polar surface area (TPSA) is 81.8 Å². The van der Waals surface area contributed by atoms with Crippen molar-refractivity contribution in [3.05, 3.63) is 0 Å². The highest BCUT2D eigenvalue weighted by atomic mass is 16.6. The summed E-state index contributed by atoms with van der Waals surface area (Å²) in [6.07, 6.45) is -1.11. The number of ether oxygens (including phenoxy) is 2. The van der Waals surface area contributed by atoms with E-state index in [1.165, 1.54) is 0 Å². The fourth-order valence-corrected chi connectivity index (χ4v) is 0.618. The van der Waals surface area contributed by atoms with Gasteiger partial charge in [0, 0.05) is 6.54 Å². The maximum atomic E-state index is 10.8. The van der Waals surface area contributed by atoms with Crippen LogP contribution in [0.15, 0.2) is 0 Å². The average Bonchev–Trinajstić information content (AvgIpc) is 2.10. The highest BCUT2D eigenvalue weighted by Gasteiger charge is 2.13. The van der Waals surface area contributed by atoms with Crippen LogP contribution in [-0.4, -0.2) is 43.0 Å². The summed E-state index contributed by atoms with van der Waals surface area (Å²) in [5.41, 5.74) is 5.04. The van der Waals surface area contributed by atoms with Gasteiger partial charge < -0.3 is 20.3 Å². The van der Waals surface area contributed by atoms with E-state index in [1.54, 1.807) is 0 Å². The molecule has 0 aliphatic rings. The summed E-state index contributed by atoms with van der Waals surface area (Å²) in [5, 5.41) is 8.89. The second kappa shape index (κ2) is 6.82. The Bertz CT molecular complexity index is 149. The number of hydrogen-bond donors (Lipinski definition) is 2. The maximum absolute atomic E-state index is 10.8. The highest BCUT2D eigenvalue weighted by molar-refractivity contribution is 5.74. The Kier molecular flexibility index (Phi) is 6.48. The first-order chi connectivity index (χ1) is 6.07. The molecular formula is C8H17NO4. The van der Waals surface area contributed by atoms with Crippen LogP contribution in [0.3, 0.4) is 0 Å². The van der Waals surface area contributed by atoms with Crippen molar-refractivity contribution < 1.29 is 19.4 Å². The molecule has 0 rings (SSSR count). The van der Waals surface area contributed by atoms with Crippen LogP contribution in [0.5, 0.6) is 0 Å². The van der Waals surface area contributed by atoms with E-state index < -0.39 is 12.1 Å². The van der Waals surface area contributed by atoms with Crippen molar-refractivity contribution in [3.8, 4) is 0 Å². The van der Waals surface area contributed by atoms with Crippen molar-refractivity contribution in [2.75, 3.05) is 19.8 Å². The summed E-state index contributed by atoms with van der Waals surface area (Å²) in [6.45, 7) is 4.13. The van der Waals surface area contributed by atoms with Crippen LogP contribution >= 0.6 is 0 Å². The number of nitrogens with two attached hydrogens (primary N) is 1. The van der Waals surface area contributed by atoms with E-state index >= 15 is 0 Å². The smallest absolute Gasteiger partial charge is 0.336 e. The molecule has 0 bridgehead atoms. The number of carbonyl (C=O) groups excluding carboxylic acids is 1. The maximum Gasteiger partial charge on any atom is 0.336 e. The summed E-state index contributed by atoms with van der Waals surface area (Å²) in [7, 11) is 0. The Morgan fingerprint density at radius 2 is 2.08 bits per heavy atom. The van der Waals surface area contributed by atoms with Crippen LogP contribution in [0, 0.1) is 0 Å².